The minimum Gasteiger partial charge on any atom is -0.467 e. The molecule has 0 aliphatic rings. The zero-order valence-corrected chi connectivity index (χ0v) is 14.6. The van der Waals surface area contributed by atoms with Crippen LogP contribution in [0.5, 0.6) is 0 Å². The van der Waals surface area contributed by atoms with Gasteiger partial charge < -0.3 is 9.47 Å². The fourth-order valence-corrected chi connectivity index (χ4v) is 2.58. The number of esters is 1. The second kappa shape index (κ2) is 9.47. The summed E-state index contributed by atoms with van der Waals surface area (Å²) in [5.74, 6) is -0.465. The first-order valence-corrected chi connectivity index (χ1v) is 8.24. The van der Waals surface area contributed by atoms with Crippen LogP contribution in [0.25, 0.3) is 0 Å². The van der Waals surface area contributed by atoms with E-state index in [1.54, 1.807) is 6.92 Å². The number of nitrogens with zero attached hydrogens (tertiary/aromatic N) is 1. The highest BCUT2D eigenvalue weighted by Gasteiger charge is 2.32. The van der Waals surface area contributed by atoms with Gasteiger partial charge in [-0.2, -0.15) is 0 Å². The number of amides is 1. The lowest BCUT2D eigenvalue weighted by Gasteiger charge is -2.29. The Morgan fingerprint density at radius 1 is 0.960 bits per heavy atom. The van der Waals surface area contributed by atoms with Crippen LogP contribution in [0.4, 0.5) is 4.79 Å². The number of hydrogen-bond acceptors (Lipinski definition) is 4. The summed E-state index contributed by atoms with van der Waals surface area (Å²) in [4.78, 5) is 26.3. The van der Waals surface area contributed by atoms with Crippen LogP contribution in [-0.2, 0) is 27.2 Å². The number of carbonyl (C=O) groups excluding carboxylic acids is 2. The molecule has 0 N–H and O–H groups in total. The Morgan fingerprint density at radius 2 is 1.52 bits per heavy atom. The monoisotopic (exact) mass is 341 g/mol. The van der Waals surface area contributed by atoms with E-state index in [9.17, 15) is 9.59 Å². The highest BCUT2D eigenvalue weighted by Crippen LogP contribution is 2.16. The molecule has 1 atom stereocenters. The second-order valence-corrected chi connectivity index (χ2v) is 5.54. The van der Waals surface area contributed by atoms with Crippen molar-refractivity contribution < 1.29 is 19.1 Å². The van der Waals surface area contributed by atoms with Crippen molar-refractivity contribution in [3.63, 3.8) is 0 Å². The van der Waals surface area contributed by atoms with Crippen molar-refractivity contribution in [2.24, 2.45) is 0 Å². The van der Waals surface area contributed by atoms with Crippen LogP contribution in [0, 0.1) is 0 Å². The summed E-state index contributed by atoms with van der Waals surface area (Å²) in [6.07, 6.45) is -0.170. The van der Waals surface area contributed by atoms with Gasteiger partial charge in [-0.25, -0.2) is 9.59 Å². The van der Waals surface area contributed by atoms with E-state index in [0.717, 1.165) is 11.1 Å². The molecule has 25 heavy (non-hydrogen) atoms. The van der Waals surface area contributed by atoms with Gasteiger partial charge in [0.15, 0.2) is 0 Å². The molecule has 0 aromatic heterocycles. The Morgan fingerprint density at radius 3 is 2.04 bits per heavy atom. The zero-order valence-electron chi connectivity index (χ0n) is 14.6. The number of carbonyl (C=O) groups is 2. The van der Waals surface area contributed by atoms with Crippen LogP contribution in [0.3, 0.4) is 0 Å². The molecule has 5 nitrogen and oxygen atoms in total. The molecule has 5 heteroatoms. The predicted molar refractivity (Wildman–Crippen MR) is 95.0 cm³/mol. The van der Waals surface area contributed by atoms with Crippen LogP contribution in [0.15, 0.2) is 60.7 Å². The van der Waals surface area contributed by atoms with Gasteiger partial charge in [-0.1, -0.05) is 60.7 Å². The van der Waals surface area contributed by atoms with E-state index in [4.69, 9.17) is 9.47 Å². The van der Waals surface area contributed by atoms with Crippen molar-refractivity contribution in [1.82, 2.24) is 4.90 Å². The number of rotatable bonds is 7. The van der Waals surface area contributed by atoms with Gasteiger partial charge in [-0.15, -0.1) is 0 Å². The SMILES string of the molecule is CCOC(=O)N(Cc1ccccc1)C(Cc1ccccc1)C(=O)OC. The largest absolute Gasteiger partial charge is 0.467 e. The maximum atomic E-state index is 12.5. The molecule has 2 aromatic rings. The van der Waals surface area contributed by atoms with E-state index in [1.165, 1.54) is 12.0 Å². The molecule has 132 valence electrons. The quantitative estimate of drug-likeness (QED) is 0.724. The van der Waals surface area contributed by atoms with E-state index in [-0.39, 0.29) is 13.2 Å². The lowest BCUT2D eigenvalue weighted by atomic mass is 10.0. The Hall–Kier alpha value is -2.82. The Bertz CT molecular complexity index is 673. The van der Waals surface area contributed by atoms with Gasteiger partial charge in [0.05, 0.1) is 13.7 Å². The lowest BCUT2D eigenvalue weighted by Crippen LogP contribution is -2.46. The second-order valence-electron chi connectivity index (χ2n) is 5.54. The summed E-state index contributed by atoms with van der Waals surface area (Å²) in [6, 6.07) is 18.3. The van der Waals surface area contributed by atoms with Crippen molar-refractivity contribution in [3.05, 3.63) is 71.8 Å². The summed E-state index contributed by atoms with van der Waals surface area (Å²) in [5.41, 5.74) is 1.86. The molecule has 1 amide bonds. The van der Waals surface area contributed by atoms with Crippen LogP contribution in [0.2, 0.25) is 0 Å². The molecule has 0 aliphatic carbocycles. The molecule has 0 bridgehead atoms. The van der Waals surface area contributed by atoms with Crippen LogP contribution in [-0.4, -0.2) is 36.7 Å². The molecule has 0 radical (unpaired) electrons. The van der Waals surface area contributed by atoms with Gasteiger partial charge in [0.2, 0.25) is 0 Å². The van der Waals surface area contributed by atoms with E-state index in [1.807, 2.05) is 60.7 Å². The molecule has 2 rings (SSSR count). The van der Waals surface area contributed by atoms with Crippen molar-refractivity contribution in [1.29, 1.82) is 0 Å². The van der Waals surface area contributed by atoms with Crippen molar-refractivity contribution >= 4 is 12.1 Å². The third-order valence-corrected chi connectivity index (χ3v) is 3.82. The predicted octanol–water partition coefficient (Wildman–Crippen LogP) is 3.43. The maximum Gasteiger partial charge on any atom is 0.410 e. The topological polar surface area (TPSA) is 55.8 Å². The Balaban J connectivity index is 2.30. The number of hydrogen-bond donors (Lipinski definition) is 0. The van der Waals surface area contributed by atoms with Crippen LogP contribution in [0.1, 0.15) is 18.1 Å². The number of methoxy groups -OCH3 is 1. The average molecular weight is 341 g/mol. The van der Waals surface area contributed by atoms with Gasteiger partial charge in [-0.3, -0.25) is 4.90 Å². The van der Waals surface area contributed by atoms with E-state index >= 15 is 0 Å². The molecular weight excluding hydrogens is 318 g/mol. The first kappa shape index (κ1) is 18.5. The summed E-state index contributed by atoms with van der Waals surface area (Å²) in [6.45, 7) is 2.25. The average Bonchev–Trinajstić information content (AvgIpc) is 2.65. The number of ether oxygens (including phenoxy) is 2. The van der Waals surface area contributed by atoms with E-state index in [0.29, 0.717) is 6.42 Å². The smallest absolute Gasteiger partial charge is 0.410 e. The van der Waals surface area contributed by atoms with Gasteiger partial charge in [0, 0.05) is 13.0 Å². The van der Waals surface area contributed by atoms with Gasteiger partial charge in [-0.05, 0) is 18.1 Å². The van der Waals surface area contributed by atoms with Crippen LogP contribution >= 0.6 is 0 Å². The molecule has 0 saturated heterocycles. The molecule has 2 aromatic carbocycles. The number of benzene rings is 2. The third-order valence-electron chi connectivity index (χ3n) is 3.82. The Kier molecular flexibility index (Phi) is 7.01. The molecule has 0 heterocycles. The van der Waals surface area contributed by atoms with Crippen molar-refractivity contribution in [2.45, 2.75) is 25.9 Å². The molecule has 0 spiro atoms. The first-order chi connectivity index (χ1) is 12.2. The fourth-order valence-electron chi connectivity index (χ4n) is 2.58. The minimum atomic E-state index is -0.758. The van der Waals surface area contributed by atoms with Gasteiger partial charge >= 0.3 is 12.1 Å². The standard InChI is InChI=1S/C20H23NO4/c1-3-25-20(23)21(15-17-12-8-5-9-13-17)18(19(22)24-2)14-16-10-6-4-7-11-16/h4-13,18H,3,14-15H2,1-2H3. The summed E-state index contributed by atoms with van der Waals surface area (Å²) in [5, 5.41) is 0. The van der Waals surface area contributed by atoms with E-state index < -0.39 is 18.1 Å². The highest BCUT2D eigenvalue weighted by molar-refractivity contribution is 5.81. The van der Waals surface area contributed by atoms with E-state index in [2.05, 4.69) is 0 Å². The summed E-state index contributed by atoms with van der Waals surface area (Å²) < 4.78 is 10.1. The molecule has 0 aliphatic heterocycles. The summed E-state index contributed by atoms with van der Waals surface area (Å²) in [7, 11) is 1.33. The molecular formula is C20H23NO4. The Labute approximate surface area is 148 Å². The molecule has 0 fully saturated rings. The van der Waals surface area contributed by atoms with Crippen LogP contribution < -0.4 is 0 Å². The van der Waals surface area contributed by atoms with Crippen molar-refractivity contribution in [2.75, 3.05) is 13.7 Å². The minimum absolute atomic E-state index is 0.239. The van der Waals surface area contributed by atoms with Gasteiger partial charge in [0.1, 0.15) is 6.04 Å². The van der Waals surface area contributed by atoms with Gasteiger partial charge in [0.25, 0.3) is 0 Å². The molecule has 0 saturated carbocycles. The highest BCUT2D eigenvalue weighted by atomic mass is 16.6. The third kappa shape index (κ3) is 5.35. The first-order valence-electron chi connectivity index (χ1n) is 8.24. The lowest BCUT2D eigenvalue weighted by molar-refractivity contribution is -0.146. The fraction of sp³-hybridized carbons (Fsp3) is 0.300. The zero-order chi connectivity index (χ0) is 18.1. The summed E-state index contributed by atoms with van der Waals surface area (Å²) >= 11 is 0. The molecule has 1 unspecified atom stereocenters. The maximum absolute atomic E-state index is 12.5. The normalized spacial score (nSPS) is 11.4. The van der Waals surface area contributed by atoms with Crippen molar-refractivity contribution in [3.8, 4) is 0 Å².